The van der Waals surface area contributed by atoms with Gasteiger partial charge in [0.2, 0.25) is 0 Å². The van der Waals surface area contributed by atoms with Crippen LogP contribution in [0.1, 0.15) is 6.92 Å². The molecule has 0 radical (unpaired) electrons. The van der Waals surface area contributed by atoms with Crippen molar-refractivity contribution in [2.24, 2.45) is 0 Å². The molecule has 0 saturated heterocycles. The van der Waals surface area contributed by atoms with Gasteiger partial charge in [-0.2, -0.15) is 0 Å². The van der Waals surface area contributed by atoms with Crippen molar-refractivity contribution in [3.05, 3.63) is 37.3 Å². The van der Waals surface area contributed by atoms with Crippen LogP contribution in [0.2, 0.25) is 25.1 Å². The summed E-state index contributed by atoms with van der Waals surface area (Å²) in [5.74, 6) is -0.830. The van der Waals surface area contributed by atoms with E-state index in [2.05, 4.69) is 6.58 Å². The second kappa shape index (κ2) is 5.68. The maximum Gasteiger partial charge on any atom is 0.338 e. The maximum absolute atomic E-state index is 11.4. The lowest BCUT2D eigenvalue weighted by atomic mass is 10.3. The molecule has 1 rings (SSSR count). The Hall–Kier alpha value is -0.120. The Morgan fingerprint density at radius 1 is 0.941 bits per heavy atom. The Morgan fingerprint density at radius 3 is 1.65 bits per heavy atom. The minimum Gasteiger partial charge on any atom is -0.420 e. The number of hydrogen-bond donors (Lipinski definition) is 0. The molecule has 0 unspecified atom stereocenters. The van der Waals surface area contributed by atoms with Crippen LogP contribution in [0.15, 0.2) is 12.2 Å². The molecule has 0 aromatic heterocycles. The zero-order valence-corrected chi connectivity index (χ0v) is 12.2. The number of halogens is 5. The van der Waals surface area contributed by atoms with Crippen molar-refractivity contribution in [2.45, 2.75) is 6.92 Å². The SMILES string of the molecule is C=C(C)C(=O)Oc1c(Cl)c(Cl)c(Cl)c(Cl)c1Cl. The van der Waals surface area contributed by atoms with Gasteiger partial charge in [-0.1, -0.05) is 64.6 Å². The van der Waals surface area contributed by atoms with Gasteiger partial charge in [0.25, 0.3) is 0 Å². The number of hydrogen-bond acceptors (Lipinski definition) is 2. The fourth-order valence-corrected chi connectivity index (χ4v) is 2.05. The van der Waals surface area contributed by atoms with Crippen molar-refractivity contribution in [1.29, 1.82) is 0 Å². The third kappa shape index (κ3) is 3.01. The first kappa shape index (κ1) is 14.9. The summed E-state index contributed by atoms with van der Waals surface area (Å²) in [6.45, 7) is 4.90. The predicted octanol–water partition coefficient (Wildman–Crippen LogP) is 5.44. The molecule has 0 atom stereocenters. The summed E-state index contributed by atoms with van der Waals surface area (Å²) in [5, 5.41) is -0.237. The van der Waals surface area contributed by atoms with E-state index in [-0.39, 0.29) is 36.4 Å². The fraction of sp³-hybridized carbons (Fsp3) is 0.100. The van der Waals surface area contributed by atoms with Crippen LogP contribution >= 0.6 is 58.0 Å². The van der Waals surface area contributed by atoms with Crippen LogP contribution in [-0.4, -0.2) is 5.97 Å². The zero-order chi connectivity index (χ0) is 13.3. The van der Waals surface area contributed by atoms with Gasteiger partial charge in [0, 0.05) is 5.57 Å². The van der Waals surface area contributed by atoms with Gasteiger partial charge in [0.1, 0.15) is 10.0 Å². The Labute approximate surface area is 123 Å². The fourth-order valence-electron chi connectivity index (χ4n) is 0.854. The second-order valence-corrected chi connectivity index (χ2v) is 4.96. The topological polar surface area (TPSA) is 26.3 Å². The average molecular weight is 334 g/mol. The second-order valence-electron chi connectivity index (χ2n) is 3.07. The lowest BCUT2D eigenvalue weighted by molar-refractivity contribution is -0.130. The van der Waals surface area contributed by atoms with Crippen molar-refractivity contribution in [1.82, 2.24) is 0 Å². The number of ether oxygens (including phenoxy) is 1. The molecule has 1 aromatic rings. The summed E-state index contributed by atoms with van der Waals surface area (Å²) in [4.78, 5) is 11.4. The standard InChI is InChI=1S/C10H5Cl5O2/c1-3(2)10(16)17-9-7(14)5(12)4(11)6(13)8(9)15/h1H2,2H3. The van der Waals surface area contributed by atoms with E-state index in [4.69, 9.17) is 62.7 Å². The molecule has 0 N–H and O–H groups in total. The van der Waals surface area contributed by atoms with Gasteiger partial charge >= 0.3 is 5.97 Å². The van der Waals surface area contributed by atoms with E-state index in [9.17, 15) is 4.79 Å². The molecule has 1 aromatic carbocycles. The smallest absolute Gasteiger partial charge is 0.338 e. The van der Waals surface area contributed by atoms with Gasteiger partial charge in [-0.3, -0.25) is 0 Å². The van der Waals surface area contributed by atoms with E-state index in [1.54, 1.807) is 0 Å². The average Bonchev–Trinajstić information content (AvgIpc) is 2.29. The predicted molar refractivity (Wildman–Crippen MR) is 71.9 cm³/mol. The summed E-state index contributed by atoms with van der Waals surface area (Å²) in [5.41, 5.74) is 0.180. The lowest BCUT2D eigenvalue weighted by Crippen LogP contribution is -2.09. The third-order valence-electron chi connectivity index (χ3n) is 1.71. The molecule has 0 amide bonds. The van der Waals surface area contributed by atoms with Crippen LogP contribution in [0.4, 0.5) is 0 Å². The highest BCUT2D eigenvalue weighted by Gasteiger charge is 2.22. The minimum atomic E-state index is -0.691. The molecule has 0 fully saturated rings. The van der Waals surface area contributed by atoms with Crippen LogP contribution < -0.4 is 4.74 Å². The van der Waals surface area contributed by atoms with Gasteiger partial charge < -0.3 is 4.74 Å². The molecule has 0 aliphatic heterocycles. The Balaban J connectivity index is 3.35. The van der Waals surface area contributed by atoms with E-state index in [0.29, 0.717) is 0 Å². The quantitative estimate of drug-likeness (QED) is 0.237. The zero-order valence-electron chi connectivity index (χ0n) is 8.41. The van der Waals surface area contributed by atoms with Gasteiger partial charge in [-0.25, -0.2) is 4.79 Å². The molecule has 2 nitrogen and oxygen atoms in total. The van der Waals surface area contributed by atoms with E-state index < -0.39 is 5.97 Å². The molecule has 0 spiro atoms. The summed E-state index contributed by atoms with van der Waals surface area (Å²) in [6.07, 6.45) is 0. The van der Waals surface area contributed by atoms with E-state index in [0.717, 1.165) is 0 Å². The van der Waals surface area contributed by atoms with E-state index in [1.807, 2.05) is 0 Å². The van der Waals surface area contributed by atoms with Crippen molar-refractivity contribution >= 4 is 64.0 Å². The number of esters is 1. The molecule has 92 valence electrons. The normalized spacial score (nSPS) is 10.2. The van der Waals surface area contributed by atoms with Crippen LogP contribution in [0.5, 0.6) is 5.75 Å². The van der Waals surface area contributed by atoms with Gasteiger partial charge in [-0.05, 0) is 6.92 Å². The molecular formula is C10H5Cl5O2. The van der Waals surface area contributed by atoms with Gasteiger partial charge in [0.05, 0.1) is 15.1 Å². The Morgan fingerprint density at radius 2 is 1.29 bits per heavy atom. The molecular weight excluding hydrogens is 329 g/mol. The van der Waals surface area contributed by atoms with Crippen LogP contribution in [-0.2, 0) is 4.79 Å². The number of carbonyl (C=O) groups excluding carboxylic acids is 1. The number of benzene rings is 1. The van der Waals surface area contributed by atoms with Crippen molar-refractivity contribution < 1.29 is 9.53 Å². The van der Waals surface area contributed by atoms with Crippen LogP contribution in [0.3, 0.4) is 0 Å². The highest BCUT2D eigenvalue weighted by Crippen LogP contribution is 2.48. The van der Waals surface area contributed by atoms with Crippen molar-refractivity contribution in [2.75, 3.05) is 0 Å². The first-order valence-corrected chi connectivity index (χ1v) is 6.05. The lowest BCUT2D eigenvalue weighted by Gasteiger charge is -2.12. The molecule has 0 aliphatic rings. The maximum atomic E-state index is 11.4. The third-order valence-corrected chi connectivity index (χ3v) is 3.95. The molecule has 0 aliphatic carbocycles. The Kier molecular flexibility index (Phi) is 4.99. The van der Waals surface area contributed by atoms with Gasteiger partial charge in [-0.15, -0.1) is 0 Å². The highest BCUT2D eigenvalue weighted by molar-refractivity contribution is 6.55. The summed E-state index contributed by atoms with van der Waals surface area (Å²) in [6, 6.07) is 0. The molecule has 7 heteroatoms. The van der Waals surface area contributed by atoms with E-state index in [1.165, 1.54) is 6.92 Å². The highest BCUT2D eigenvalue weighted by atomic mass is 35.5. The largest absolute Gasteiger partial charge is 0.420 e. The molecule has 17 heavy (non-hydrogen) atoms. The number of carbonyl (C=O) groups is 1. The number of rotatable bonds is 2. The summed E-state index contributed by atoms with van der Waals surface area (Å²) >= 11 is 29.1. The summed E-state index contributed by atoms with van der Waals surface area (Å²) in [7, 11) is 0. The summed E-state index contributed by atoms with van der Waals surface area (Å²) < 4.78 is 4.92. The molecule has 0 heterocycles. The molecule has 0 bridgehead atoms. The molecule has 0 saturated carbocycles. The van der Waals surface area contributed by atoms with Gasteiger partial charge in [0.15, 0.2) is 5.75 Å². The minimum absolute atomic E-state index is 0.00143. The first-order chi connectivity index (χ1) is 7.77. The van der Waals surface area contributed by atoms with Crippen molar-refractivity contribution in [3.63, 3.8) is 0 Å². The first-order valence-electron chi connectivity index (χ1n) is 4.16. The van der Waals surface area contributed by atoms with Crippen LogP contribution in [0.25, 0.3) is 0 Å². The monoisotopic (exact) mass is 332 g/mol. The van der Waals surface area contributed by atoms with E-state index >= 15 is 0 Å². The Bertz CT molecular complexity index is 481. The van der Waals surface area contributed by atoms with Crippen LogP contribution in [0, 0.1) is 0 Å². The van der Waals surface area contributed by atoms with Crippen molar-refractivity contribution in [3.8, 4) is 5.75 Å².